The van der Waals surface area contributed by atoms with Crippen molar-refractivity contribution in [1.29, 1.82) is 0 Å². The van der Waals surface area contributed by atoms with Gasteiger partial charge in [-0.25, -0.2) is 0 Å². The van der Waals surface area contributed by atoms with Crippen LogP contribution >= 0.6 is 0 Å². The molecule has 0 aromatic heterocycles. The first-order chi connectivity index (χ1) is 6.24. The molecule has 1 N–H and O–H groups in total. The van der Waals surface area contributed by atoms with Crippen LogP contribution in [0.1, 0.15) is 12.5 Å². The summed E-state index contributed by atoms with van der Waals surface area (Å²) < 4.78 is 0. The van der Waals surface area contributed by atoms with Crippen molar-refractivity contribution >= 4 is 5.69 Å². The first-order valence-corrected chi connectivity index (χ1v) is 4.36. The summed E-state index contributed by atoms with van der Waals surface area (Å²) in [5.41, 5.74) is 3.50. The van der Waals surface area contributed by atoms with Gasteiger partial charge in [0.05, 0.1) is 0 Å². The standard InChI is InChI=1S/C12H15N/c1-4-7-11(3)13-12-9-6-5-8-10(12)2/h4-9,13H,1H2,2-3H3/b11-7+. The van der Waals surface area contributed by atoms with Crippen LogP contribution in [0, 0.1) is 6.92 Å². The van der Waals surface area contributed by atoms with Crippen molar-refractivity contribution in [2.75, 3.05) is 5.32 Å². The summed E-state index contributed by atoms with van der Waals surface area (Å²) in [5, 5.41) is 3.30. The molecule has 0 unspecified atom stereocenters. The van der Waals surface area contributed by atoms with E-state index in [0.717, 1.165) is 11.4 Å². The van der Waals surface area contributed by atoms with E-state index in [1.54, 1.807) is 6.08 Å². The van der Waals surface area contributed by atoms with Crippen LogP contribution in [-0.4, -0.2) is 0 Å². The smallest absolute Gasteiger partial charge is 0.0411 e. The van der Waals surface area contributed by atoms with Gasteiger partial charge in [-0.15, -0.1) is 0 Å². The topological polar surface area (TPSA) is 12.0 Å². The van der Waals surface area contributed by atoms with Crippen LogP contribution in [0.5, 0.6) is 0 Å². The Morgan fingerprint density at radius 2 is 2.08 bits per heavy atom. The average Bonchev–Trinajstić information content (AvgIpc) is 2.09. The van der Waals surface area contributed by atoms with Gasteiger partial charge in [-0.3, -0.25) is 0 Å². The predicted molar refractivity (Wildman–Crippen MR) is 58.8 cm³/mol. The van der Waals surface area contributed by atoms with Gasteiger partial charge in [0.2, 0.25) is 0 Å². The molecule has 0 spiro atoms. The summed E-state index contributed by atoms with van der Waals surface area (Å²) in [6.45, 7) is 7.76. The Bertz CT molecular complexity index is 324. The molecular formula is C12H15N. The lowest BCUT2D eigenvalue weighted by molar-refractivity contribution is 1.34. The quantitative estimate of drug-likeness (QED) is 0.690. The van der Waals surface area contributed by atoms with Gasteiger partial charge in [-0.1, -0.05) is 30.9 Å². The Hall–Kier alpha value is -1.50. The molecule has 0 radical (unpaired) electrons. The molecule has 0 fully saturated rings. The highest BCUT2D eigenvalue weighted by molar-refractivity contribution is 5.54. The Morgan fingerprint density at radius 1 is 1.38 bits per heavy atom. The van der Waals surface area contributed by atoms with Crippen molar-refractivity contribution in [2.45, 2.75) is 13.8 Å². The Labute approximate surface area is 79.8 Å². The molecule has 68 valence electrons. The second kappa shape index (κ2) is 4.51. The number of allylic oxidation sites excluding steroid dienone is 3. The number of nitrogens with one attached hydrogen (secondary N) is 1. The van der Waals surface area contributed by atoms with Crippen molar-refractivity contribution in [3.8, 4) is 0 Å². The van der Waals surface area contributed by atoms with Crippen LogP contribution in [0.15, 0.2) is 48.7 Å². The molecule has 0 aliphatic heterocycles. The van der Waals surface area contributed by atoms with Gasteiger partial charge in [-0.05, 0) is 31.6 Å². The SMILES string of the molecule is C=C/C=C(\C)Nc1ccccc1C. The largest absolute Gasteiger partial charge is 0.359 e. The van der Waals surface area contributed by atoms with Crippen LogP contribution in [-0.2, 0) is 0 Å². The van der Waals surface area contributed by atoms with Gasteiger partial charge >= 0.3 is 0 Å². The maximum atomic E-state index is 3.65. The molecule has 1 rings (SSSR count). The zero-order valence-corrected chi connectivity index (χ0v) is 8.17. The number of aryl methyl sites for hydroxylation is 1. The fraction of sp³-hybridized carbons (Fsp3) is 0.167. The van der Waals surface area contributed by atoms with Crippen LogP contribution in [0.3, 0.4) is 0 Å². The Balaban J connectivity index is 2.80. The number of para-hydroxylation sites is 1. The summed E-state index contributed by atoms with van der Waals surface area (Å²) in [6.07, 6.45) is 3.73. The van der Waals surface area contributed by atoms with E-state index in [-0.39, 0.29) is 0 Å². The number of rotatable bonds is 3. The van der Waals surface area contributed by atoms with E-state index in [1.807, 2.05) is 25.1 Å². The summed E-state index contributed by atoms with van der Waals surface area (Å²) in [7, 11) is 0. The molecule has 0 amide bonds. The molecule has 0 aliphatic rings. The maximum Gasteiger partial charge on any atom is 0.0411 e. The molecule has 1 heteroatoms. The van der Waals surface area contributed by atoms with Crippen molar-refractivity contribution in [3.05, 3.63) is 54.3 Å². The number of benzene rings is 1. The van der Waals surface area contributed by atoms with E-state index >= 15 is 0 Å². The van der Waals surface area contributed by atoms with Crippen LogP contribution < -0.4 is 5.32 Å². The zero-order chi connectivity index (χ0) is 9.68. The Kier molecular flexibility index (Phi) is 3.32. The van der Waals surface area contributed by atoms with E-state index in [2.05, 4.69) is 31.0 Å². The zero-order valence-electron chi connectivity index (χ0n) is 8.17. The third-order valence-corrected chi connectivity index (χ3v) is 1.84. The third kappa shape index (κ3) is 2.79. The summed E-state index contributed by atoms with van der Waals surface area (Å²) in [5.74, 6) is 0. The van der Waals surface area contributed by atoms with Crippen LogP contribution in [0.2, 0.25) is 0 Å². The van der Waals surface area contributed by atoms with E-state index in [9.17, 15) is 0 Å². The summed E-state index contributed by atoms with van der Waals surface area (Å²) >= 11 is 0. The lowest BCUT2D eigenvalue weighted by atomic mass is 10.2. The van der Waals surface area contributed by atoms with Gasteiger partial charge in [-0.2, -0.15) is 0 Å². The van der Waals surface area contributed by atoms with Crippen molar-refractivity contribution in [3.63, 3.8) is 0 Å². The molecule has 0 saturated carbocycles. The number of hydrogen-bond acceptors (Lipinski definition) is 1. The second-order valence-electron chi connectivity index (χ2n) is 3.03. The molecule has 0 heterocycles. The first kappa shape index (κ1) is 9.59. The van der Waals surface area contributed by atoms with E-state index in [1.165, 1.54) is 5.56 Å². The molecule has 0 aliphatic carbocycles. The molecule has 0 bridgehead atoms. The van der Waals surface area contributed by atoms with E-state index in [4.69, 9.17) is 0 Å². The van der Waals surface area contributed by atoms with Crippen LogP contribution in [0.25, 0.3) is 0 Å². The molecular weight excluding hydrogens is 158 g/mol. The lowest BCUT2D eigenvalue weighted by Crippen LogP contribution is -1.96. The van der Waals surface area contributed by atoms with Gasteiger partial charge in [0.15, 0.2) is 0 Å². The Morgan fingerprint density at radius 3 is 2.69 bits per heavy atom. The maximum absolute atomic E-state index is 3.65. The number of hydrogen-bond donors (Lipinski definition) is 1. The highest BCUT2D eigenvalue weighted by Crippen LogP contribution is 2.15. The van der Waals surface area contributed by atoms with Crippen LogP contribution in [0.4, 0.5) is 5.69 Å². The van der Waals surface area contributed by atoms with E-state index < -0.39 is 0 Å². The van der Waals surface area contributed by atoms with Gasteiger partial charge in [0.25, 0.3) is 0 Å². The molecule has 1 aromatic carbocycles. The fourth-order valence-electron chi connectivity index (χ4n) is 1.14. The first-order valence-electron chi connectivity index (χ1n) is 4.36. The minimum absolute atomic E-state index is 1.10. The second-order valence-corrected chi connectivity index (χ2v) is 3.03. The highest BCUT2D eigenvalue weighted by Gasteiger charge is 1.94. The minimum Gasteiger partial charge on any atom is -0.359 e. The normalized spacial score (nSPS) is 11.1. The summed E-state index contributed by atoms with van der Waals surface area (Å²) in [6, 6.07) is 8.21. The molecule has 0 saturated heterocycles. The number of anilines is 1. The van der Waals surface area contributed by atoms with Crippen molar-refractivity contribution < 1.29 is 0 Å². The van der Waals surface area contributed by atoms with Gasteiger partial charge < -0.3 is 5.32 Å². The molecule has 1 nitrogen and oxygen atoms in total. The lowest BCUT2D eigenvalue weighted by Gasteiger charge is -2.08. The van der Waals surface area contributed by atoms with E-state index in [0.29, 0.717) is 0 Å². The highest BCUT2D eigenvalue weighted by atomic mass is 14.9. The molecule has 13 heavy (non-hydrogen) atoms. The van der Waals surface area contributed by atoms with Gasteiger partial charge in [0.1, 0.15) is 0 Å². The minimum atomic E-state index is 1.10. The van der Waals surface area contributed by atoms with Gasteiger partial charge in [0, 0.05) is 11.4 Å². The molecule has 0 atom stereocenters. The monoisotopic (exact) mass is 173 g/mol. The molecule has 1 aromatic rings. The third-order valence-electron chi connectivity index (χ3n) is 1.84. The van der Waals surface area contributed by atoms with Crippen molar-refractivity contribution in [1.82, 2.24) is 0 Å². The summed E-state index contributed by atoms with van der Waals surface area (Å²) in [4.78, 5) is 0. The predicted octanol–water partition coefficient (Wildman–Crippen LogP) is 3.50. The average molecular weight is 173 g/mol. The fourth-order valence-corrected chi connectivity index (χ4v) is 1.14. The van der Waals surface area contributed by atoms with Crippen molar-refractivity contribution in [2.24, 2.45) is 0 Å².